The molecule has 1 rings (SSSR count). The van der Waals surface area contributed by atoms with E-state index >= 15 is 0 Å². The fourth-order valence-corrected chi connectivity index (χ4v) is 1.62. The Morgan fingerprint density at radius 2 is 2.08 bits per heavy atom. The summed E-state index contributed by atoms with van der Waals surface area (Å²) in [5.41, 5.74) is -0.243. The van der Waals surface area contributed by atoms with Crippen LogP contribution in [0.5, 0.6) is 0 Å². The minimum absolute atomic E-state index is 0.243. The van der Waals surface area contributed by atoms with Crippen molar-refractivity contribution in [2.45, 2.75) is 13.1 Å². The summed E-state index contributed by atoms with van der Waals surface area (Å²) in [5, 5.41) is 1.26. The number of halogens is 3. The molecule has 0 bridgehead atoms. The second kappa shape index (κ2) is 2.90. The highest BCUT2D eigenvalue weighted by Gasteiger charge is 2.35. The van der Waals surface area contributed by atoms with Gasteiger partial charge in [0.05, 0.1) is 0 Å². The van der Waals surface area contributed by atoms with Gasteiger partial charge in [-0.1, -0.05) is 0 Å². The maximum absolute atomic E-state index is 12.1. The lowest BCUT2D eigenvalue weighted by molar-refractivity contribution is -0.134. The Morgan fingerprint density at radius 1 is 1.50 bits per heavy atom. The van der Waals surface area contributed by atoms with E-state index in [1.54, 1.807) is 0 Å². The molecule has 0 N–H and O–H groups in total. The summed E-state index contributed by atoms with van der Waals surface area (Å²) in [4.78, 5) is 9.87. The molecule has 0 aliphatic rings. The van der Waals surface area contributed by atoms with Crippen LogP contribution in [0, 0.1) is 0 Å². The highest BCUT2D eigenvalue weighted by Crippen LogP contribution is 2.35. The molecule has 0 unspecified atom stereocenters. The van der Waals surface area contributed by atoms with Crippen LogP contribution in [-0.4, -0.2) is 5.78 Å². The summed E-state index contributed by atoms with van der Waals surface area (Å²) < 4.78 is 36.3. The molecule has 0 atom stereocenters. The number of carbonyl (C=O) groups is 1. The fourth-order valence-electron chi connectivity index (χ4n) is 0.806. The van der Waals surface area contributed by atoms with Crippen LogP contribution in [-0.2, 0) is 6.18 Å². The molecule has 66 valence electrons. The third-order valence-corrected chi connectivity index (χ3v) is 2.26. The van der Waals surface area contributed by atoms with Crippen molar-refractivity contribution in [3.05, 3.63) is 21.9 Å². The highest BCUT2D eigenvalue weighted by molar-refractivity contribution is 7.10. The van der Waals surface area contributed by atoms with Crippen molar-refractivity contribution < 1.29 is 18.0 Å². The van der Waals surface area contributed by atoms with Crippen molar-refractivity contribution in [1.29, 1.82) is 0 Å². The predicted octanol–water partition coefficient (Wildman–Crippen LogP) is 2.97. The zero-order valence-electron chi connectivity index (χ0n) is 6.11. The van der Waals surface area contributed by atoms with Crippen LogP contribution in [0.3, 0.4) is 0 Å². The highest BCUT2D eigenvalue weighted by atomic mass is 32.1. The van der Waals surface area contributed by atoms with Crippen LogP contribution in [0.2, 0.25) is 0 Å². The Labute approximate surface area is 70.8 Å². The average molecular weight is 194 g/mol. The van der Waals surface area contributed by atoms with Crippen molar-refractivity contribution in [2.75, 3.05) is 0 Å². The van der Waals surface area contributed by atoms with E-state index in [0.717, 1.165) is 6.92 Å². The van der Waals surface area contributed by atoms with Crippen molar-refractivity contribution in [3.63, 3.8) is 0 Å². The number of thiophene rings is 1. The summed E-state index contributed by atoms with van der Waals surface area (Å²) in [6, 6.07) is 1.19. The minimum Gasteiger partial charge on any atom is -0.294 e. The number of alkyl halides is 3. The minimum atomic E-state index is -4.41. The van der Waals surface area contributed by atoms with Gasteiger partial charge in [-0.05, 0) is 18.4 Å². The molecule has 1 aromatic rings. The van der Waals surface area contributed by atoms with E-state index in [4.69, 9.17) is 0 Å². The lowest BCUT2D eigenvalue weighted by Crippen LogP contribution is -2.07. The van der Waals surface area contributed by atoms with Gasteiger partial charge in [0.1, 0.15) is 4.88 Å². The first kappa shape index (κ1) is 9.25. The molecule has 1 aromatic heterocycles. The first-order chi connectivity index (χ1) is 5.43. The number of Topliss-reactive ketones (excluding diaryl/α,β-unsaturated/α-hetero) is 1. The SMILES string of the molecule is CC(=O)c1ccsc1C(F)(F)F. The van der Waals surface area contributed by atoms with Crippen molar-refractivity contribution in [2.24, 2.45) is 0 Å². The molecule has 0 aliphatic carbocycles. The molecular formula is C7H5F3OS. The van der Waals surface area contributed by atoms with Crippen LogP contribution < -0.4 is 0 Å². The second-order valence-corrected chi connectivity index (χ2v) is 3.13. The van der Waals surface area contributed by atoms with E-state index in [-0.39, 0.29) is 5.56 Å². The molecule has 0 radical (unpaired) electrons. The van der Waals surface area contributed by atoms with Crippen molar-refractivity contribution in [3.8, 4) is 0 Å². The summed E-state index contributed by atoms with van der Waals surface area (Å²) in [6.45, 7) is 1.12. The van der Waals surface area contributed by atoms with Crippen molar-refractivity contribution in [1.82, 2.24) is 0 Å². The number of hydrogen-bond donors (Lipinski definition) is 0. The van der Waals surface area contributed by atoms with Gasteiger partial charge < -0.3 is 0 Å². The van der Waals surface area contributed by atoms with Crippen LogP contribution in [0.15, 0.2) is 11.4 Å². The molecule has 0 aliphatic heterocycles. The van der Waals surface area contributed by atoms with Crippen LogP contribution in [0.1, 0.15) is 22.2 Å². The van der Waals surface area contributed by atoms with Gasteiger partial charge in [-0.2, -0.15) is 13.2 Å². The fraction of sp³-hybridized carbons (Fsp3) is 0.286. The topological polar surface area (TPSA) is 17.1 Å². The molecule has 0 aromatic carbocycles. The molecule has 0 saturated heterocycles. The van der Waals surface area contributed by atoms with E-state index < -0.39 is 16.8 Å². The number of hydrogen-bond acceptors (Lipinski definition) is 2. The van der Waals surface area contributed by atoms with Gasteiger partial charge in [-0.25, -0.2) is 0 Å². The summed E-state index contributed by atoms with van der Waals surface area (Å²) >= 11 is 0.539. The molecule has 0 fully saturated rings. The van der Waals surface area contributed by atoms with E-state index in [1.807, 2.05) is 0 Å². The maximum Gasteiger partial charge on any atom is 0.426 e. The summed E-state index contributed by atoms with van der Waals surface area (Å²) in [7, 11) is 0. The Balaban J connectivity index is 3.17. The van der Waals surface area contributed by atoms with Crippen LogP contribution in [0.25, 0.3) is 0 Å². The third kappa shape index (κ3) is 1.66. The van der Waals surface area contributed by atoms with Gasteiger partial charge in [-0.3, -0.25) is 4.79 Å². The molecule has 0 saturated carbocycles. The molecule has 0 amide bonds. The predicted molar refractivity (Wildman–Crippen MR) is 39.3 cm³/mol. The van der Waals surface area contributed by atoms with Crippen LogP contribution >= 0.6 is 11.3 Å². The quantitative estimate of drug-likeness (QED) is 0.628. The monoisotopic (exact) mass is 194 g/mol. The van der Waals surface area contributed by atoms with Crippen molar-refractivity contribution >= 4 is 17.1 Å². The lowest BCUT2D eigenvalue weighted by atomic mass is 10.2. The van der Waals surface area contributed by atoms with E-state index in [0.29, 0.717) is 11.3 Å². The smallest absolute Gasteiger partial charge is 0.294 e. The largest absolute Gasteiger partial charge is 0.426 e. The van der Waals surface area contributed by atoms with Gasteiger partial charge in [0.25, 0.3) is 0 Å². The summed E-state index contributed by atoms with van der Waals surface area (Å²) in [6.07, 6.45) is -4.41. The standard InChI is InChI=1S/C7H5F3OS/c1-4(11)5-2-3-12-6(5)7(8,9)10/h2-3H,1H3. The lowest BCUT2D eigenvalue weighted by Gasteiger charge is -2.04. The molecule has 1 heterocycles. The van der Waals surface area contributed by atoms with E-state index in [9.17, 15) is 18.0 Å². The van der Waals surface area contributed by atoms with E-state index in [2.05, 4.69) is 0 Å². The Kier molecular flexibility index (Phi) is 2.23. The normalized spacial score (nSPS) is 11.7. The van der Waals surface area contributed by atoms with Crippen LogP contribution in [0.4, 0.5) is 13.2 Å². The van der Waals surface area contributed by atoms with Gasteiger partial charge in [0.15, 0.2) is 5.78 Å². The number of carbonyl (C=O) groups excluding carboxylic acids is 1. The zero-order valence-corrected chi connectivity index (χ0v) is 6.92. The molecule has 0 spiro atoms. The molecule has 5 heteroatoms. The summed E-state index contributed by atoms with van der Waals surface area (Å²) in [5.74, 6) is -0.552. The third-order valence-electron chi connectivity index (χ3n) is 1.30. The second-order valence-electron chi connectivity index (χ2n) is 2.22. The van der Waals surface area contributed by atoms with Gasteiger partial charge in [0.2, 0.25) is 0 Å². The molecule has 1 nitrogen and oxygen atoms in total. The molecular weight excluding hydrogens is 189 g/mol. The Morgan fingerprint density at radius 3 is 2.42 bits per heavy atom. The molecule has 12 heavy (non-hydrogen) atoms. The Hall–Kier alpha value is -0.840. The first-order valence-corrected chi connectivity index (χ1v) is 3.96. The maximum atomic E-state index is 12.1. The van der Waals surface area contributed by atoms with E-state index in [1.165, 1.54) is 11.4 Å². The number of ketones is 1. The number of rotatable bonds is 1. The van der Waals surface area contributed by atoms with Gasteiger partial charge in [0, 0.05) is 5.56 Å². The average Bonchev–Trinajstić information content (AvgIpc) is 2.30. The Bertz CT molecular complexity index is 300. The zero-order chi connectivity index (χ0) is 9.35. The van der Waals surface area contributed by atoms with Gasteiger partial charge in [-0.15, -0.1) is 11.3 Å². The van der Waals surface area contributed by atoms with Gasteiger partial charge >= 0.3 is 6.18 Å². The first-order valence-electron chi connectivity index (χ1n) is 3.08.